The van der Waals surface area contributed by atoms with E-state index in [0.717, 1.165) is 30.8 Å². The molecule has 21 heavy (non-hydrogen) atoms. The first-order valence-electron chi connectivity index (χ1n) is 7.47. The zero-order valence-corrected chi connectivity index (χ0v) is 12.7. The summed E-state index contributed by atoms with van der Waals surface area (Å²) in [4.78, 5) is 11.7. The van der Waals surface area contributed by atoms with Gasteiger partial charge in [0.05, 0.1) is 12.2 Å². The summed E-state index contributed by atoms with van der Waals surface area (Å²) in [6, 6.07) is 6.96. The lowest BCUT2D eigenvalue weighted by Gasteiger charge is -2.19. The number of amides is 1. The topological polar surface area (TPSA) is 73.6 Å². The molecule has 2 atom stereocenters. The van der Waals surface area contributed by atoms with Crippen molar-refractivity contribution in [3.63, 3.8) is 0 Å². The number of nitrogens with two attached hydrogens (primary N) is 1. The smallest absolute Gasteiger partial charge is 0.239 e. The maximum atomic E-state index is 11.7. The highest BCUT2D eigenvalue weighted by atomic mass is 16.5. The Hall–Kier alpha value is -1.59. The molecule has 1 fully saturated rings. The monoisotopic (exact) mass is 292 g/mol. The van der Waals surface area contributed by atoms with E-state index >= 15 is 0 Å². The molecule has 5 nitrogen and oxygen atoms in total. The summed E-state index contributed by atoms with van der Waals surface area (Å²) in [5.41, 5.74) is 6.34. The lowest BCUT2D eigenvalue weighted by molar-refractivity contribution is -0.120. The van der Waals surface area contributed by atoms with Crippen molar-refractivity contribution in [2.24, 2.45) is 5.73 Å². The highest BCUT2D eigenvalue weighted by molar-refractivity contribution is 5.81. The van der Waals surface area contributed by atoms with Crippen molar-refractivity contribution >= 4 is 5.91 Å². The van der Waals surface area contributed by atoms with Gasteiger partial charge in [-0.05, 0) is 44.4 Å². The third-order valence-corrected chi connectivity index (χ3v) is 3.44. The van der Waals surface area contributed by atoms with Crippen molar-refractivity contribution in [2.75, 3.05) is 13.2 Å². The molecule has 1 amide bonds. The van der Waals surface area contributed by atoms with E-state index in [4.69, 9.17) is 15.2 Å². The molecular weight excluding hydrogens is 268 g/mol. The normalized spacial score (nSPS) is 19.7. The molecule has 3 N–H and O–H groups in total. The van der Waals surface area contributed by atoms with E-state index in [1.165, 1.54) is 0 Å². The average Bonchev–Trinajstić information content (AvgIpc) is 2.93. The molecule has 1 saturated heterocycles. The van der Waals surface area contributed by atoms with Crippen LogP contribution in [0, 0.1) is 0 Å². The molecule has 0 saturated carbocycles. The average molecular weight is 292 g/mol. The van der Waals surface area contributed by atoms with E-state index in [0.29, 0.717) is 6.54 Å². The van der Waals surface area contributed by atoms with E-state index < -0.39 is 6.04 Å². The van der Waals surface area contributed by atoms with Crippen molar-refractivity contribution in [3.8, 4) is 5.75 Å². The first kappa shape index (κ1) is 15.8. The van der Waals surface area contributed by atoms with Crippen LogP contribution in [0.3, 0.4) is 0 Å². The zero-order valence-electron chi connectivity index (χ0n) is 12.7. The van der Waals surface area contributed by atoms with E-state index in [-0.39, 0.29) is 18.1 Å². The minimum absolute atomic E-state index is 0.125. The number of ether oxygens (including phenoxy) is 2. The summed E-state index contributed by atoms with van der Waals surface area (Å²) >= 11 is 0. The van der Waals surface area contributed by atoms with Crippen LogP contribution in [0.5, 0.6) is 5.75 Å². The lowest BCUT2D eigenvalue weighted by Crippen LogP contribution is -2.37. The van der Waals surface area contributed by atoms with Crippen molar-refractivity contribution in [2.45, 2.75) is 44.9 Å². The van der Waals surface area contributed by atoms with Crippen LogP contribution in [0.4, 0.5) is 0 Å². The van der Waals surface area contributed by atoms with Gasteiger partial charge in [-0.1, -0.05) is 12.1 Å². The first-order chi connectivity index (χ1) is 10.1. The standard InChI is InChI=1S/C16H24N2O3/c1-11(2)21-13-7-5-12(6-8-13)15(16(17)19)18-10-14-4-3-9-20-14/h5-8,11,14-15,18H,3-4,9-10H2,1-2H3,(H2,17,19). The molecule has 2 rings (SSSR count). The van der Waals surface area contributed by atoms with E-state index in [1.807, 2.05) is 38.1 Å². The quantitative estimate of drug-likeness (QED) is 0.803. The largest absolute Gasteiger partial charge is 0.491 e. The Morgan fingerprint density at radius 1 is 1.43 bits per heavy atom. The van der Waals surface area contributed by atoms with Gasteiger partial charge in [0.1, 0.15) is 11.8 Å². The third-order valence-electron chi connectivity index (χ3n) is 3.44. The predicted molar refractivity (Wildman–Crippen MR) is 81.1 cm³/mol. The summed E-state index contributed by atoms with van der Waals surface area (Å²) in [7, 11) is 0. The van der Waals surface area contributed by atoms with Gasteiger partial charge < -0.3 is 15.2 Å². The summed E-state index contributed by atoms with van der Waals surface area (Å²) < 4.78 is 11.1. The number of nitrogens with one attached hydrogen (secondary N) is 1. The molecular formula is C16H24N2O3. The van der Waals surface area contributed by atoms with Gasteiger partial charge in [0.15, 0.2) is 0 Å². The van der Waals surface area contributed by atoms with Crippen molar-refractivity contribution in [1.82, 2.24) is 5.32 Å². The minimum atomic E-state index is -0.498. The van der Waals surface area contributed by atoms with Crippen LogP contribution in [-0.2, 0) is 9.53 Å². The SMILES string of the molecule is CC(C)Oc1ccc(C(NCC2CCCO2)C(N)=O)cc1. The first-order valence-corrected chi connectivity index (χ1v) is 7.47. The predicted octanol–water partition coefficient (Wildman–Crippen LogP) is 1.77. The number of carbonyl (C=O) groups is 1. The number of hydrogen-bond donors (Lipinski definition) is 2. The molecule has 0 spiro atoms. The molecule has 2 unspecified atom stereocenters. The number of rotatable bonds is 7. The summed E-state index contributed by atoms with van der Waals surface area (Å²) in [5, 5.41) is 3.20. The molecule has 0 aliphatic carbocycles. The van der Waals surface area contributed by atoms with Gasteiger partial charge in [0, 0.05) is 13.2 Å². The molecule has 1 aromatic rings. The van der Waals surface area contributed by atoms with Crippen LogP contribution >= 0.6 is 0 Å². The Morgan fingerprint density at radius 3 is 2.67 bits per heavy atom. The van der Waals surface area contributed by atoms with Crippen LogP contribution in [0.15, 0.2) is 24.3 Å². The van der Waals surface area contributed by atoms with E-state index in [9.17, 15) is 4.79 Å². The second-order valence-electron chi connectivity index (χ2n) is 5.61. The fourth-order valence-corrected chi connectivity index (χ4v) is 2.45. The van der Waals surface area contributed by atoms with Crippen LogP contribution < -0.4 is 15.8 Å². The summed E-state index contributed by atoms with van der Waals surface area (Å²) in [6.45, 7) is 5.39. The molecule has 1 heterocycles. The van der Waals surface area contributed by atoms with Crippen LogP contribution in [-0.4, -0.2) is 31.3 Å². The Kier molecular flexibility index (Phi) is 5.59. The Bertz CT molecular complexity index is 453. The van der Waals surface area contributed by atoms with E-state index in [1.54, 1.807) is 0 Å². The lowest BCUT2D eigenvalue weighted by atomic mass is 10.1. The number of benzene rings is 1. The van der Waals surface area contributed by atoms with Gasteiger partial charge >= 0.3 is 0 Å². The van der Waals surface area contributed by atoms with Crippen molar-refractivity contribution in [1.29, 1.82) is 0 Å². The van der Waals surface area contributed by atoms with Crippen LogP contribution in [0.1, 0.15) is 38.3 Å². The molecule has 1 aliphatic heterocycles. The fourth-order valence-electron chi connectivity index (χ4n) is 2.45. The third kappa shape index (κ3) is 4.72. The minimum Gasteiger partial charge on any atom is -0.491 e. The highest BCUT2D eigenvalue weighted by Gasteiger charge is 2.21. The summed E-state index contributed by atoms with van der Waals surface area (Å²) in [5.74, 6) is 0.404. The Labute approximate surface area is 125 Å². The molecule has 116 valence electrons. The van der Waals surface area contributed by atoms with Crippen LogP contribution in [0.2, 0.25) is 0 Å². The second-order valence-corrected chi connectivity index (χ2v) is 5.61. The molecule has 0 aromatic heterocycles. The van der Waals surface area contributed by atoms with Gasteiger partial charge in [0.25, 0.3) is 0 Å². The number of primary amides is 1. The summed E-state index contributed by atoms with van der Waals surface area (Å²) in [6.07, 6.45) is 2.41. The van der Waals surface area contributed by atoms with Gasteiger partial charge in [-0.2, -0.15) is 0 Å². The highest BCUT2D eigenvalue weighted by Crippen LogP contribution is 2.19. The zero-order chi connectivity index (χ0) is 15.2. The molecule has 0 radical (unpaired) electrons. The second kappa shape index (κ2) is 7.43. The van der Waals surface area contributed by atoms with E-state index in [2.05, 4.69) is 5.32 Å². The molecule has 1 aromatic carbocycles. The maximum absolute atomic E-state index is 11.7. The molecule has 1 aliphatic rings. The van der Waals surface area contributed by atoms with Gasteiger partial charge in [-0.25, -0.2) is 0 Å². The van der Waals surface area contributed by atoms with Crippen molar-refractivity contribution < 1.29 is 14.3 Å². The van der Waals surface area contributed by atoms with Crippen LogP contribution in [0.25, 0.3) is 0 Å². The van der Waals surface area contributed by atoms with Gasteiger partial charge in [0.2, 0.25) is 5.91 Å². The molecule has 0 bridgehead atoms. The Morgan fingerprint density at radius 2 is 2.14 bits per heavy atom. The maximum Gasteiger partial charge on any atom is 0.239 e. The number of carbonyl (C=O) groups excluding carboxylic acids is 1. The fraction of sp³-hybridized carbons (Fsp3) is 0.562. The van der Waals surface area contributed by atoms with Crippen molar-refractivity contribution in [3.05, 3.63) is 29.8 Å². The Balaban J connectivity index is 1.98. The molecule has 5 heteroatoms. The number of hydrogen-bond acceptors (Lipinski definition) is 4. The van der Waals surface area contributed by atoms with Gasteiger partial charge in [-0.15, -0.1) is 0 Å². The van der Waals surface area contributed by atoms with Gasteiger partial charge in [-0.3, -0.25) is 10.1 Å².